The molecule has 3 nitrogen and oxygen atoms in total. The maximum Gasteiger partial charge on any atom is 0.124 e. The first-order valence-corrected chi connectivity index (χ1v) is 6.12. The Morgan fingerprint density at radius 3 is 2.94 bits per heavy atom. The van der Waals surface area contributed by atoms with Crippen molar-refractivity contribution < 1.29 is 9.47 Å². The van der Waals surface area contributed by atoms with Crippen molar-refractivity contribution in [2.24, 2.45) is 0 Å². The first-order chi connectivity index (χ1) is 8.55. The van der Waals surface area contributed by atoms with E-state index >= 15 is 0 Å². The van der Waals surface area contributed by atoms with E-state index in [0.29, 0.717) is 6.61 Å². The molecule has 0 spiro atoms. The van der Waals surface area contributed by atoms with Crippen molar-refractivity contribution in [1.82, 2.24) is 5.32 Å². The molecule has 0 aliphatic carbocycles. The van der Waals surface area contributed by atoms with Crippen LogP contribution in [0.1, 0.15) is 31.9 Å². The lowest BCUT2D eigenvalue weighted by Gasteiger charge is -2.32. The molecular formula is C15H19NO2. The van der Waals surface area contributed by atoms with Gasteiger partial charge in [0.1, 0.15) is 11.5 Å². The Morgan fingerprint density at radius 2 is 2.28 bits per heavy atom. The minimum absolute atomic E-state index is 0.204. The summed E-state index contributed by atoms with van der Waals surface area (Å²) in [6, 6.07) is 6.08. The molecule has 1 aromatic rings. The van der Waals surface area contributed by atoms with Gasteiger partial charge in [-0.2, -0.15) is 0 Å². The second-order valence-electron chi connectivity index (χ2n) is 5.01. The van der Waals surface area contributed by atoms with E-state index in [-0.39, 0.29) is 11.6 Å². The minimum atomic E-state index is -0.331. The lowest BCUT2D eigenvalue weighted by molar-refractivity contribution is 0.238. The zero-order valence-electron chi connectivity index (χ0n) is 11.1. The fourth-order valence-electron chi connectivity index (χ4n) is 2.13. The first kappa shape index (κ1) is 12.8. The minimum Gasteiger partial charge on any atom is -0.497 e. The molecule has 18 heavy (non-hydrogen) atoms. The molecule has 1 aromatic carbocycles. The van der Waals surface area contributed by atoms with E-state index in [4.69, 9.17) is 15.9 Å². The van der Waals surface area contributed by atoms with Crippen molar-refractivity contribution in [3.63, 3.8) is 0 Å². The number of nitrogens with one attached hydrogen (secondary N) is 1. The van der Waals surface area contributed by atoms with Crippen LogP contribution in [0.25, 0.3) is 0 Å². The first-order valence-electron chi connectivity index (χ1n) is 6.12. The highest BCUT2D eigenvalue weighted by atomic mass is 16.5. The smallest absolute Gasteiger partial charge is 0.124 e. The van der Waals surface area contributed by atoms with Gasteiger partial charge in [-0.25, -0.2) is 0 Å². The van der Waals surface area contributed by atoms with Gasteiger partial charge in [0, 0.05) is 18.0 Å². The topological polar surface area (TPSA) is 30.5 Å². The number of ether oxygens (including phenoxy) is 2. The van der Waals surface area contributed by atoms with Gasteiger partial charge in [0.05, 0.1) is 19.3 Å². The molecule has 0 radical (unpaired) electrons. The Kier molecular flexibility index (Phi) is 3.49. The molecule has 1 heterocycles. The number of terminal acetylenes is 1. The average molecular weight is 245 g/mol. The summed E-state index contributed by atoms with van der Waals surface area (Å²) in [6.07, 6.45) is 6.44. The fraction of sp³-hybridized carbons (Fsp3) is 0.467. The summed E-state index contributed by atoms with van der Waals surface area (Å²) in [5.41, 5.74) is 0.784. The van der Waals surface area contributed by atoms with Crippen molar-refractivity contribution >= 4 is 0 Å². The Hall–Kier alpha value is -1.66. The molecule has 1 aliphatic heterocycles. The summed E-state index contributed by atoms with van der Waals surface area (Å²) in [4.78, 5) is 0. The van der Waals surface area contributed by atoms with E-state index in [2.05, 4.69) is 11.2 Å². The molecule has 0 bridgehead atoms. The average Bonchev–Trinajstić information content (AvgIpc) is 2.38. The largest absolute Gasteiger partial charge is 0.497 e. The predicted molar refractivity (Wildman–Crippen MR) is 71.9 cm³/mol. The Morgan fingerprint density at radius 1 is 1.50 bits per heavy atom. The summed E-state index contributed by atoms with van der Waals surface area (Å²) in [6.45, 7) is 4.71. The molecule has 0 saturated carbocycles. The van der Waals surface area contributed by atoms with Crippen molar-refractivity contribution in [3.8, 4) is 23.8 Å². The number of benzene rings is 1. The van der Waals surface area contributed by atoms with Crippen LogP contribution in [0.2, 0.25) is 0 Å². The second-order valence-corrected chi connectivity index (χ2v) is 5.01. The van der Waals surface area contributed by atoms with Crippen LogP contribution in [0, 0.1) is 12.3 Å². The maximum atomic E-state index is 5.65. The quantitative estimate of drug-likeness (QED) is 0.830. The van der Waals surface area contributed by atoms with Gasteiger partial charge in [0.2, 0.25) is 0 Å². The number of rotatable bonds is 3. The monoisotopic (exact) mass is 245 g/mol. The third-order valence-corrected chi connectivity index (χ3v) is 3.15. The summed E-state index contributed by atoms with van der Waals surface area (Å²) in [7, 11) is 1.67. The molecule has 1 N–H and O–H groups in total. The third-order valence-electron chi connectivity index (χ3n) is 3.15. The maximum absolute atomic E-state index is 5.65. The molecule has 2 rings (SSSR count). The highest BCUT2D eigenvalue weighted by Crippen LogP contribution is 2.35. The lowest BCUT2D eigenvalue weighted by Crippen LogP contribution is -2.42. The van der Waals surface area contributed by atoms with Gasteiger partial charge < -0.3 is 9.47 Å². The SMILES string of the molecule is C#CC(C)(C)NC1CCOc2ccc(OC)cc21. The van der Waals surface area contributed by atoms with E-state index in [1.54, 1.807) is 7.11 Å². The molecule has 1 atom stereocenters. The van der Waals surface area contributed by atoms with Gasteiger partial charge in [0.25, 0.3) is 0 Å². The standard InChI is InChI=1S/C15H19NO2/c1-5-15(2,3)16-13-8-9-18-14-7-6-11(17-4)10-12(13)14/h1,6-7,10,13,16H,8-9H2,2-4H3. The summed E-state index contributed by atoms with van der Waals surface area (Å²) >= 11 is 0. The molecule has 0 saturated heterocycles. The van der Waals surface area contributed by atoms with Crippen LogP contribution in [0.4, 0.5) is 0 Å². The Balaban J connectivity index is 2.29. The highest BCUT2D eigenvalue weighted by molar-refractivity contribution is 5.43. The number of hydrogen-bond acceptors (Lipinski definition) is 3. The van der Waals surface area contributed by atoms with Crippen LogP contribution in [0.5, 0.6) is 11.5 Å². The number of methoxy groups -OCH3 is 1. The van der Waals surface area contributed by atoms with Gasteiger partial charge in [-0.15, -0.1) is 6.42 Å². The molecule has 0 fully saturated rings. The fourth-order valence-corrected chi connectivity index (χ4v) is 2.13. The Labute approximate surface area is 108 Å². The molecule has 3 heteroatoms. The molecular weight excluding hydrogens is 226 g/mol. The van der Waals surface area contributed by atoms with Gasteiger partial charge in [-0.05, 0) is 32.0 Å². The summed E-state index contributed by atoms with van der Waals surface area (Å²) in [5.74, 6) is 4.51. The molecule has 96 valence electrons. The van der Waals surface area contributed by atoms with E-state index in [0.717, 1.165) is 23.5 Å². The molecule has 0 amide bonds. The van der Waals surface area contributed by atoms with E-state index < -0.39 is 0 Å². The van der Waals surface area contributed by atoms with Crippen LogP contribution in [-0.4, -0.2) is 19.3 Å². The summed E-state index contributed by atoms with van der Waals surface area (Å²) < 4.78 is 10.9. The van der Waals surface area contributed by atoms with Crippen LogP contribution < -0.4 is 14.8 Å². The van der Waals surface area contributed by atoms with Crippen LogP contribution >= 0.6 is 0 Å². The van der Waals surface area contributed by atoms with Crippen molar-refractivity contribution in [3.05, 3.63) is 23.8 Å². The highest BCUT2D eigenvalue weighted by Gasteiger charge is 2.26. The van der Waals surface area contributed by atoms with Gasteiger partial charge in [-0.1, -0.05) is 5.92 Å². The van der Waals surface area contributed by atoms with Crippen LogP contribution in [0.3, 0.4) is 0 Å². The molecule has 0 aromatic heterocycles. The predicted octanol–water partition coefficient (Wildman–Crippen LogP) is 2.52. The third kappa shape index (κ3) is 2.60. The van der Waals surface area contributed by atoms with Crippen LogP contribution in [0.15, 0.2) is 18.2 Å². The van der Waals surface area contributed by atoms with E-state index in [1.807, 2.05) is 32.0 Å². The molecule has 1 unspecified atom stereocenters. The normalized spacial score (nSPS) is 18.4. The van der Waals surface area contributed by atoms with Crippen molar-refractivity contribution in [2.45, 2.75) is 31.8 Å². The summed E-state index contributed by atoms with van der Waals surface area (Å²) in [5, 5.41) is 3.48. The van der Waals surface area contributed by atoms with Gasteiger partial charge in [0.15, 0.2) is 0 Å². The van der Waals surface area contributed by atoms with Crippen LogP contribution in [-0.2, 0) is 0 Å². The van der Waals surface area contributed by atoms with Gasteiger partial charge in [-0.3, -0.25) is 5.32 Å². The van der Waals surface area contributed by atoms with E-state index in [1.165, 1.54) is 0 Å². The zero-order chi connectivity index (χ0) is 13.2. The zero-order valence-corrected chi connectivity index (χ0v) is 11.1. The lowest BCUT2D eigenvalue weighted by atomic mass is 9.96. The Bertz CT molecular complexity index is 474. The second kappa shape index (κ2) is 4.91. The number of fused-ring (bicyclic) bond motifs is 1. The van der Waals surface area contributed by atoms with Crippen molar-refractivity contribution in [2.75, 3.05) is 13.7 Å². The molecule has 1 aliphatic rings. The number of hydrogen-bond donors (Lipinski definition) is 1. The van der Waals surface area contributed by atoms with E-state index in [9.17, 15) is 0 Å². The van der Waals surface area contributed by atoms with Crippen molar-refractivity contribution in [1.29, 1.82) is 0 Å². The van der Waals surface area contributed by atoms with Gasteiger partial charge >= 0.3 is 0 Å².